The van der Waals surface area contributed by atoms with Gasteiger partial charge in [-0.1, -0.05) is 25.6 Å². The lowest BCUT2D eigenvalue weighted by Crippen LogP contribution is -2.16. The molecule has 0 aliphatic heterocycles. The Labute approximate surface area is 149 Å². The van der Waals surface area contributed by atoms with Crippen molar-refractivity contribution in [2.75, 3.05) is 11.1 Å². The van der Waals surface area contributed by atoms with Gasteiger partial charge in [0, 0.05) is 22.9 Å². The Balaban J connectivity index is 1.98. The SMILES string of the molecule is Cc1nc(SCC(=O)Nc2ccc(Br)cn2)n(CC(C)C)c1C. The van der Waals surface area contributed by atoms with E-state index in [1.54, 1.807) is 12.3 Å². The average molecular weight is 397 g/mol. The van der Waals surface area contributed by atoms with Crippen LogP contribution in [0.15, 0.2) is 28.0 Å². The molecule has 0 unspecified atom stereocenters. The summed E-state index contributed by atoms with van der Waals surface area (Å²) >= 11 is 4.78. The molecule has 2 aromatic heterocycles. The van der Waals surface area contributed by atoms with E-state index in [2.05, 4.69) is 56.6 Å². The van der Waals surface area contributed by atoms with Gasteiger partial charge in [0.15, 0.2) is 5.16 Å². The fraction of sp³-hybridized carbons (Fsp3) is 0.438. The minimum absolute atomic E-state index is 0.0841. The minimum atomic E-state index is -0.0841. The summed E-state index contributed by atoms with van der Waals surface area (Å²) in [7, 11) is 0. The number of carbonyl (C=O) groups is 1. The Morgan fingerprint density at radius 1 is 1.39 bits per heavy atom. The Morgan fingerprint density at radius 3 is 2.74 bits per heavy atom. The molecule has 0 atom stereocenters. The normalized spacial score (nSPS) is 11.0. The van der Waals surface area contributed by atoms with Crippen LogP contribution in [0.25, 0.3) is 0 Å². The fourth-order valence-electron chi connectivity index (χ4n) is 2.07. The van der Waals surface area contributed by atoms with Crippen molar-refractivity contribution in [1.82, 2.24) is 14.5 Å². The number of halogens is 1. The van der Waals surface area contributed by atoms with Crippen molar-refractivity contribution in [2.24, 2.45) is 5.92 Å². The molecule has 0 saturated heterocycles. The first-order valence-corrected chi connectivity index (χ1v) is 9.22. The molecule has 2 rings (SSSR count). The third-order valence-electron chi connectivity index (χ3n) is 3.30. The number of pyridine rings is 1. The molecule has 2 aromatic rings. The number of nitrogens with zero attached hydrogens (tertiary/aromatic N) is 3. The van der Waals surface area contributed by atoms with Crippen molar-refractivity contribution in [3.63, 3.8) is 0 Å². The summed E-state index contributed by atoms with van der Waals surface area (Å²) in [5.74, 6) is 1.31. The van der Waals surface area contributed by atoms with Gasteiger partial charge in [0.05, 0.1) is 11.4 Å². The van der Waals surface area contributed by atoms with E-state index < -0.39 is 0 Å². The number of thioether (sulfide) groups is 1. The first-order chi connectivity index (χ1) is 10.9. The molecule has 1 amide bonds. The molecule has 0 spiro atoms. The highest BCUT2D eigenvalue weighted by atomic mass is 79.9. The molecular formula is C16H21BrN4OS. The zero-order valence-electron chi connectivity index (χ0n) is 13.8. The van der Waals surface area contributed by atoms with Crippen molar-refractivity contribution < 1.29 is 4.79 Å². The number of anilines is 1. The molecule has 5 nitrogen and oxygen atoms in total. The second kappa shape index (κ2) is 7.97. The van der Waals surface area contributed by atoms with Gasteiger partial charge in [-0.2, -0.15) is 0 Å². The van der Waals surface area contributed by atoms with Gasteiger partial charge in [0.25, 0.3) is 0 Å². The summed E-state index contributed by atoms with van der Waals surface area (Å²) in [6, 6.07) is 3.61. The number of aromatic nitrogens is 3. The van der Waals surface area contributed by atoms with Gasteiger partial charge in [0.2, 0.25) is 5.91 Å². The summed E-state index contributed by atoms with van der Waals surface area (Å²) in [5.41, 5.74) is 2.18. The molecule has 0 radical (unpaired) electrons. The Kier molecular flexibility index (Phi) is 6.24. The number of hydrogen-bond acceptors (Lipinski definition) is 4. The van der Waals surface area contributed by atoms with Gasteiger partial charge < -0.3 is 9.88 Å². The number of imidazole rings is 1. The Bertz CT molecular complexity index is 682. The van der Waals surface area contributed by atoms with Gasteiger partial charge in [-0.3, -0.25) is 4.79 Å². The lowest BCUT2D eigenvalue weighted by Gasteiger charge is -2.12. The monoisotopic (exact) mass is 396 g/mol. The highest BCUT2D eigenvalue weighted by Gasteiger charge is 2.14. The molecule has 0 aliphatic rings. The van der Waals surface area contributed by atoms with Crippen LogP contribution in [0.3, 0.4) is 0 Å². The minimum Gasteiger partial charge on any atom is -0.323 e. The highest BCUT2D eigenvalue weighted by molar-refractivity contribution is 9.10. The molecule has 7 heteroatoms. The third-order valence-corrected chi connectivity index (χ3v) is 4.74. The Morgan fingerprint density at radius 2 is 2.13 bits per heavy atom. The molecule has 0 saturated carbocycles. The van der Waals surface area contributed by atoms with Crippen molar-refractivity contribution >= 4 is 39.4 Å². The van der Waals surface area contributed by atoms with E-state index in [9.17, 15) is 4.79 Å². The lowest BCUT2D eigenvalue weighted by molar-refractivity contribution is -0.113. The number of carbonyl (C=O) groups excluding carboxylic acids is 1. The average Bonchev–Trinajstić information content (AvgIpc) is 2.75. The van der Waals surface area contributed by atoms with Gasteiger partial charge in [-0.15, -0.1) is 0 Å². The fourth-order valence-corrected chi connectivity index (χ4v) is 3.21. The van der Waals surface area contributed by atoms with E-state index in [1.807, 2.05) is 13.0 Å². The van der Waals surface area contributed by atoms with E-state index in [1.165, 1.54) is 11.8 Å². The largest absolute Gasteiger partial charge is 0.323 e. The van der Waals surface area contributed by atoms with Crippen LogP contribution in [-0.2, 0) is 11.3 Å². The molecule has 2 heterocycles. The number of amides is 1. The molecular weight excluding hydrogens is 376 g/mol. The predicted octanol–water partition coefficient (Wildman–Crippen LogP) is 4.04. The first kappa shape index (κ1) is 18.0. The summed E-state index contributed by atoms with van der Waals surface area (Å²) in [6.07, 6.45) is 1.66. The second-order valence-electron chi connectivity index (χ2n) is 5.77. The maximum Gasteiger partial charge on any atom is 0.236 e. The van der Waals surface area contributed by atoms with E-state index in [4.69, 9.17) is 0 Å². The van der Waals surface area contributed by atoms with Crippen LogP contribution >= 0.6 is 27.7 Å². The first-order valence-electron chi connectivity index (χ1n) is 7.44. The Hall–Kier alpha value is -1.34. The molecule has 0 bridgehead atoms. The number of aryl methyl sites for hydroxylation is 1. The van der Waals surface area contributed by atoms with E-state index in [-0.39, 0.29) is 5.91 Å². The van der Waals surface area contributed by atoms with Crippen molar-refractivity contribution in [2.45, 2.75) is 39.4 Å². The van der Waals surface area contributed by atoms with Crippen LogP contribution in [0.5, 0.6) is 0 Å². The van der Waals surface area contributed by atoms with Gasteiger partial charge >= 0.3 is 0 Å². The zero-order chi connectivity index (χ0) is 17.0. The lowest BCUT2D eigenvalue weighted by atomic mass is 10.2. The third kappa shape index (κ3) is 5.07. The van der Waals surface area contributed by atoms with E-state index >= 15 is 0 Å². The molecule has 23 heavy (non-hydrogen) atoms. The summed E-state index contributed by atoms with van der Waals surface area (Å²) < 4.78 is 3.07. The van der Waals surface area contributed by atoms with Crippen LogP contribution in [-0.4, -0.2) is 26.2 Å². The maximum absolute atomic E-state index is 12.1. The number of hydrogen-bond donors (Lipinski definition) is 1. The molecule has 1 N–H and O–H groups in total. The summed E-state index contributed by atoms with van der Waals surface area (Å²) in [6.45, 7) is 9.33. The van der Waals surface area contributed by atoms with Crippen LogP contribution in [0.4, 0.5) is 5.82 Å². The highest BCUT2D eigenvalue weighted by Crippen LogP contribution is 2.22. The molecule has 0 fully saturated rings. The topological polar surface area (TPSA) is 59.8 Å². The van der Waals surface area contributed by atoms with Crippen LogP contribution in [0.1, 0.15) is 25.2 Å². The van der Waals surface area contributed by atoms with Gasteiger partial charge in [0.1, 0.15) is 5.82 Å². The van der Waals surface area contributed by atoms with Crippen molar-refractivity contribution in [3.8, 4) is 0 Å². The maximum atomic E-state index is 12.1. The van der Waals surface area contributed by atoms with Crippen LogP contribution in [0.2, 0.25) is 0 Å². The zero-order valence-corrected chi connectivity index (χ0v) is 16.2. The standard InChI is InChI=1S/C16H21BrN4OS/c1-10(2)8-21-12(4)11(3)19-16(21)23-9-15(22)20-14-6-5-13(17)7-18-14/h5-7,10H,8-9H2,1-4H3,(H,18,20,22). The molecule has 124 valence electrons. The predicted molar refractivity (Wildman–Crippen MR) is 97.8 cm³/mol. The van der Waals surface area contributed by atoms with E-state index in [0.29, 0.717) is 17.5 Å². The van der Waals surface area contributed by atoms with Crippen LogP contribution < -0.4 is 5.32 Å². The smallest absolute Gasteiger partial charge is 0.236 e. The van der Waals surface area contributed by atoms with Crippen molar-refractivity contribution in [1.29, 1.82) is 0 Å². The van der Waals surface area contributed by atoms with E-state index in [0.717, 1.165) is 27.6 Å². The molecule has 0 aromatic carbocycles. The second-order valence-corrected chi connectivity index (χ2v) is 7.63. The number of rotatable bonds is 6. The van der Waals surface area contributed by atoms with Gasteiger partial charge in [-0.25, -0.2) is 9.97 Å². The molecule has 0 aliphatic carbocycles. The summed E-state index contributed by atoms with van der Waals surface area (Å²) in [5, 5.41) is 3.69. The quantitative estimate of drug-likeness (QED) is 0.748. The van der Waals surface area contributed by atoms with Gasteiger partial charge in [-0.05, 0) is 47.8 Å². The summed E-state index contributed by atoms with van der Waals surface area (Å²) in [4.78, 5) is 20.8. The number of nitrogens with one attached hydrogen (secondary N) is 1. The van der Waals surface area contributed by atoms with Crippen molar-refractivity contribution in [3.05, 3.63) is 34.2 Å². The van der Waals surface area contributed by atoms with Crippen LogP contribution in [0, 0.1) is 19.8 Å².